The summed E-state index contributed by atoms with van der Waals surface area (Å²) in [5.74, 6) is -0.612. The highest BCUT2D eigenvalue weighted by atomic mass is 32.2. The standard InChI is InChI=1S/C22H22N6O3S/c1-14(4-3-5-15(2)16-6-7-16)12-24-20(29)13-32-22-25-26-27-28(22)19-9-8-17(21(30)31)10-18(19)11-23/h3-5,8-10,16H,2,6-7,12-13H2,1H3,(H,24,29)(H,30,31)/b5-3-,14-4+. The van der Waals surface area contributed by atoms with Crippen LogP contribution < -0.4 is 5.32 Å². The van der Waals surface area contributed by atoms with Gasteiger partial charge in [-0.05, 0) is 54.3 Å². The highest BCUT2D eigenvalue weighted by Gasteiger charge is 2.22. The van der Waals surface area contributed by atoms with Crippen molar-refractivity contribution in [1.82, 2.24) is 25.5 Å². The summed E-state index contributed by atoms with van der Waals surface area (Å²) in [7, 11) is 0. The van der Waals surface area contributed by atoms with Crippen LogP contribution in [0.1, 0.15) is 35.7 Å². The Bertz CT molecular complexity index is 1140. The van der Waals surface area contributed by atoms with E-state index in [1.54, 1.807) is 0 Å². The summed E-state index contributed by atoms with van der Waals surface area (Å²) in [5, 5.41) is 33.0. The molecule has 9 nitrogen and oxygen atoms in total. The molecule has 1 amide bonds. The maximum absolute atomic E-state index is 12.2. The second kappa shape index (κ2) is 10.5. The average Bonchev–Trinajstić information content (AvgIpc) is 3.54. The third-order valence-corrected chi connectivity index (χ3v) is 5.64. The maximum Gasteiger partial charge on any atom is 0.335 e. The van der Waals surface area contributed by atoms with Gasteiger partial charge in [0.1, 0.15) is 6.07 Å². The number of nitriles is 1. The summed E-state index contributed by atoms with van der Waals surface area (Å²) < 4.78 is 1.31. The lowest BCUT2D eigenvalue weighted by molar-refractivity contribution is -0.118. The molecule has 0 aliphatic heterocycles. The number of carbonyl (C=O) groups is 2. The summed E-state index contributed by atoms with van der Waals surface area (Å²) in [6.07, 6.45) is 8.35. The minimum absolute atomic E-state index is 0.0120. The van der Waals surface area contributed by atoms with Crippen LogP contribution in [-0.2, 0) is 4.79 Å². The number of carbonyl (C=O) groups excluding carboxylic acids is 1. The van der Waals surface area contributed by atoms with Gasteiger partial charge in [-0.3, -0.25) is 4.79 Å². The van der Waals surface area contributed by atoms with Crippen LogP contribution in [0.3, 0.4) is 0 Å². The zero-order valence-corrected chi connectivity index (χ0v) is 18.3. The number of aromatic nitrogens is 4. The van der Waals surface area contributed by atoms with E-state index in [0.717, 1.165) is 22.9 Å². The van der Waals surface area contributed by atoms with E-state index in [1.165, 1.54) is 35.7 Å². The van der Waals surface area contributed by atoms with Crippen molar-refractivity contribution in [2.45, 2.75) is 24.9 Å². The molecule has 10 heteroatoms. The van der Waals surface area contributed by atoms with Gasteiger partial charge in [-0.1, -0.05) is 47.7 Å². The van der Waals surface area contributed by atoms with Crippen molar-refractivity contribution in [1.29, 1.82) is 5.26 Å². The van der Waals surface area contributed by atoms with Crippen molar-refractivity contribution >= 4 is 23.6 Å². The Morgan fingerprint density at radius 1 is 1.44 bits per heavy atom. The van der Waals surface area contributed by atoms with Crippen LogP contribution in [0.15, 0.2) is 59.3 Å². The number of benzene rings is 1. The average molecular weight is 451 g/mol. The summed E-state index contributed by atoms with van der Waals surface area (Å²) in [5.41, 5.74) is 2.59. The number of carboxylic acid groups (broad SMARTS) is 1. The quantitative estimate of drug-likeness (QED) is 0.417. The van der Waals surface area contributed by atoms with E-state index in [-0.39, 0.29) is 22.8 Å². The van der Waals surface area contributed by atoms with E-state index in [0.29, 0.717) is 23.3 Å². The first-order chi connectivity index (χ1) is 15.4. The van der Waals surface area contributed by atoms with Crippen LogP contribution in [0, 0.1) is 17.2 Å². The Morgan fingerprint density at radius 3 is 2.91 bits per heavy atom. The number of hydrogen-bond acceptors (Lipinski definition) is 7. The lowest BCUT2D eigenvalue weighted by Crippen LogP contribution is -2.26. The Morgan fingerprint density at radius 2 is 2.22 bits per heavy atom. The number of hydrogen-bond donors (Lipinski definition) is 2. The lowest BCUT2D eigenvalue weighted by Gasteiger charge is -2.07. The minimum atomic E-state index is -1.14. The van der Waals surface area contributed by atoms with Crippen LogP contribution in [0.2, 0.25) is 0 Å². The Kier molecular flexibility index (Phi) is 7.57. The SMILES string of the molecule is C=C(/C=C\C=C(/C)CNC(=O)CSc1nnnn1-c1ccc(C(=O)O)cc1C#N)C1CC1. The molecule has 0 radical (unpaired) electrons. The summed E-state index contributed by atoms with van der Waals surface area (Å²) in [6.45, 7) is 6.39. The topological polar surface area (TPSA) is 134 Å². The fourth-order valence-corrected chi connectivity index (χ4v) is 3.48. The van der Waals surface area contributed by atoms with Gasteiger partial charge in [0, 0.05) is 6.54 Å². The molecular formula is C22H22N6O3S. The van der Waals surface area contributed by atoms with E-state index < -0.39 is 5.97 Å². The fourth-order valence-electron chi connectivity index (χ4n) is 2.77. The number of nitrogens with one attached hydrogen (secondary N) is 1. The highest BCUT2D eigenvalue weighted by molar-refractivity contribution is 7.99. The molecule has 0 bridgehead atoms. The normalized spacial score (nSPS) is 13.7. The molecule has 0 saturated heterocycles. The van der Waals surface area contributed by atoms with E-state index in [2.05, 4.69) is 27.4 Å². The van der Waals surface area contributed by atoms with Gasteiger partial charge in [0.25, 0.3) is 0 Å². The minimum Gasteiger partial charge on any atom is -0.478 e. The third-order valence-electron chi connectivity index (χ3n) is 4.72. The van der Waals surface area contributed by atoms with Crippen LogP contribution >= 0.6 is 11.8 Å². The zero-order valence-electron chi connectivity index (χ0n) is 17.5. The van der Waals surface area contributed by atoms with Crippen LogP contribution in [0.5, 0.6) is 0 Å². The number of nitrogens with zero attached hydrogens (tertiary/aromatic N) is 5. The molecule has 2 N–H and O–H groups in total. The molecule has 3 rings (SSSR count). The Balaban J connectivity index is 1.55. The summed E-state index contributed by atoms with van der Waals surface area (Å²) >= 11 is 1.11. The predicted molar refractivity (Wildman–Crippen MR) is 119 cm³/mol. The van der Waals surface area contributed by atoms with Crippen molar-refractivity contribution in [3.63, 3.8) is 0 Å². The summed E-state index contributed by atoms with van der Waals surface area (Å²) in [4.78, 5) is 23.3. The molecule has 1 fully saturated rings. The molecule has 1 saturated carbocycles. The first-order valence-electron chi connectivity index (χ1n) is 9.87. The molecule has 2 aromatic rings. The van der Waals surface area contributed by atoms with Crippen molar-refractivity contribution in [3.8, 4) is 11.8 Å². The molecule has 1 aliphatic rings. The van der Waals surface area contributed by atoms with Crippen molar-refractivity contribution < 1.29 is 14.7 Å². The van der Waals surface area contributed by atoms with Gasteiger partial charge < -0.3 is 10.4 Å². The van der Waals surface area contributed by atoms with Gasteiger partial charge in [0.15, 0.2) is 0 Å². The maximum atomic E-state index is 12.2. The molecule has 0 atom stereocenters. The summed E-state index contributed by atoms with van der Waals surface area (Å²) in [6, 6.07) is 6.03. The van der Waals surface area contributed by atoms with Gasteiger partial charge in [-0.15, -0.1) is 5.10 Å². The Labute approximate surface area is 189 Å². The largest absolute Gasteiger partial charge is 0.478 e. The van der Waals surface area contributed by atoms with Crippen molar-refractivity contribution in [2.24, 2.45) is 5.92 Å². The first kappa shape index (κ1) is 23.0. The van der Waals surface area contributed by atoms with E-state index >= 15 is 0 Å². The van der Waals surface area contributed by atoms with E-state index in [4.69, 9.17) is 5.11 Å². The molecule has 1 aliphatic carbocycles. The molecule has 1 aromatic carbocycles. The monoisotopic (exact) mass is 450 g/mol. The number of amides is 1. The number of thioether (sulfide) groups is 1. The lowest BCUT2D eigenvalue weighted by atomic mass is 10.1. The molecule has 1 aromatic heterocycles. The number of rotatable bonds is 10. The molecule has 1 heterocycles. The smallest absolute Gasteiger partial charge is 0.335 e. The van der Waals surface area contributed by atoms with Crippen molar-refractivity contribution in [3.05, 3.63) is 65.3 Å². The van der Waals surface area contributed by atoms with Crippen LogP contribution in [0.25, 0.3) is 5.69 Å². The molecule has 164 valence electrons. The zero-order chi connectivity index (χ0) is 23.1. The number of tetrazole rings is 1. The van der Waals surface area contributed by atoms with E-state index in [9.17, 15) is 14.9 Å². The Hall–Kier alpha value is -3.71. The molecule has 0 unspecified atom stereocenters. The van der Waals surface area contributed by atoms with Gasteiger partial charge in [-0.25, -0.2) is 4.79 Å². The second-order valence-electron chi connectivity index (χ2n) is 7.31. The van der Waals surface area contributed by atoms with Gasteiger partial charge in [-0.2, -0.15) is 9.94 Å². The predicted octanol–water partition coefficient (Wildman–Crippen LogP) is 2.91. The first-order valence-corrected chi connectivity index (χ1v) is 10.9. The second-order valence-corrected chi connectivity index (χ2v) is 8.25. The molecule has 32 heavy (non-hydrogen) atoms. The third kappa shape index (κ3) is 6.15. The van der Waals surface area contributed by atoms with Gasteiger partial charge in [0.05, 0.1) is 22.6 Å². The van der Waals surface area contributed by atoms with Gasteiger partial charge >= 0.3 is 5.97 Å². The van der Waals surface area contributed by atoms with Crippen LogP contribution in [-0.4, -0.2) is 49.5 Å². The molecular weight excluding hydrogens is 428 g/mol. The van der Waals surface area contributed by atoms with Gasteiger partial charge in [0.2, 0.25) is 11.1 Å². The number of aromatic carboxylic acids is 1. The van der Waals surface area contributed by atoms with Crippen molar-refractivity contribution in [2.75, 3.05) is 12.3 Å². The molecule has 0 spiro atoms. The van der Waals surface area contributed by atoms with E-state index in [1.807, 2.05) is 31.2 Å². The number of allylic oxidation sites excluding steroid dienone is 4. The van der Waals surface area contributed by atoms with Crippen LogP contribution in [0.4, 0.5) is 0 Å². The fraction of sp³-hybridized carbons (Fsp3) is 0.273. The number of carboxylic acids is 1. The highest BCUT2D eigenvalue weighted by Crippen LogP contribution is 2.35.